The molecule has 11 heteroatoms. The summed E-state index contributed by atoms with van der Waals surface area (Å²) in [5.74, 6) is -1.03. The van der Waals surface area contributed by atoms with E-state index in [4.69, 9.17) is 26.3 Å². The Labute approximate surface area is 255 Å². The molecule has 2 fully saturated rings. The summed E-state index contributed by atoms with van der Waals surface area (Å²) in [6, 6.07) is 14.1. The Hall–Kier alpha value is -3.94. The summed E-state index contributed by atoms with van der Waals surface area (Å²) < 4.78 is 20.1. The first-order chi connectivity index (χ1) is 20.8. The smallest absolute Gasteiger partial charge is 0.318 e. The van der Waals surface area contributed by atoms with Crippen LogP contribution < -0.4 is 19.9 Å². The van der Waals surface area contributed by atoms with Crippen LogP contribution in [0.4, 0.5) is 15.9 Å². The number of anilines is 2. The van der Waals surface area contributed by atoms with E-state index in [2.05, 4.69) is 46.0 Å². The average Bonchev–Trinajstić information content (AvgIpc) is 3.78. The minimum Gasteiger partial charge on any atom is -0.463 e. The molecule has 0 spiro atoms. The van der Waals surface area contributed by atoms with E-state index in [1.165, 1.54) is 4.90 Å². The number of hydrogen-bond donors (Lipinski definition) is 1. The number of carbonyl (C=O) groups is 1. The van der Waals surface area contributed by atoms with Gasteiger partial charge in [0.1, 0.15) is 5.82 Å². The van der Waals surface area contributed by atoms with Gasteiger partial charge in [0, 0.05) is 54.8 Å². The predicted octanol–water partition coefficient (Wildman–Crippen LogP) is 4.64. The number of ether oxygens (including phenoxy) is 1. The van der Waals surface area contributed by atoms with Crippen molar-refractivity contribution in [1.29, 1.82) is 5.26 Å². The molecule has 6 rings (SSSR count). The summed E-state index contributed by atoms with van der Waals surface area (Å²) in [7, 11) is 1.95. The first kappa shape index (κ1) is 29.1. The molecule has 224 valence electrons. The Morgan fingerprint density at radius 1 is 1.21 bits per heavy atom. The van der Waals surface area contributed by atoms with Gasteiger partial charge in [-0.15, -0.1) is 0 Å². The van der Waals surface area contributed by atoms with Gasteiger partial charge in [-0.2, -0.15) is 15.2 Å². The first-order valence-electron chi connectivity index (χ1n) is 14.7. The third-order valence-electron chi connectivity index (χ3n) is 8.81. The second kappa shape index (κ2) is 12.0. The second-order valence-corrected chi connectivity index (χ2v) is 12.1. The molecule has 2 aliphatic heterocycles. The summed E-state index contributed by atoms with van der Waals surface area (Å²) in [4.78, 5) is 28.1. The lowest BCUT2D eigenvalue weighted by Crippen LogP contribution is -2.55. The average molecular weight is 604 g/mol. The summed E-state index contributed by atoms with van der Waals surface area (Å²) in [5.41, 5.74) is 3.05. The van der Waals surface area contributed by atoms with E-state index in [1.807, 2.05) is 25.2 Å². The van der Waals surface area contributed by atoms with Crippen molar-refractivity contribution >= 4 is 39.8 Å². The summed E-state index contributed by atoms with van der Waals surface area (Å²) in [5, 5.41) is 15.5. The van der Waals surface area contributed by atoms with E-state index in [0.29, 0.717) is 43.7 Å². The van der Waals surface area contributed by atoms with Crippen molar-refractivity contribution in [3.8, 4) is 12.1 Å². The molecule has 1 aromatic heterocycles. The molecule has 3 aromatic rings. The number of aromatic nitrogens is 2. The van der Waals surface area contributed by atoms with E-state index in [-0.39, 0.29) is 18.4 Å². The summed E-state index contributed by atoms with van der Waals surface area (Å²) in [6.07, 6.45) is 2.95. The van der Waals surface area contributed by atoms with Crippen molar-refractivity contribution in [3.05, 3.63) is 65.1 Å². The molecule has 1 amide bonds. The van der Waals surface area contributed by atoms with Gasteiger partial charge in [0.05, 0.1) is 42.4 Å². The monoisotopic (exact) mass is 603 g/mol. The van der Waals surface area contributed by atoms with Gasteiger partial charge >= 0.3 is 6.01 Å². The number of fused-ring (bicyclic) bond motifs is 2. The Kier molecular flexibility index (Phi) is 8.12. The fraction of sp³-hybridized carbons (Fsp3) is 0.438. The Balaban J connectivity index is 1.34. The molecule has 43 heavy (non-hydrogen) atoms. The van der Waals surface area contributed by atoms with Gasteiger partial charge in [-0.25, -0.2) is 4.39 Å². The second-order valence-electron chi connectivity index (χ2n) is 11.7. The molecule has 1 N–H and O–H groups in total. The first-order valence-corrected chi connectivity index (χ1v) is 15.1. The highest BCUT2D eigenvalue weighted by Gasteiger charge is 2.43. The van der Waals surface area contributed by atoms with E-state index in [9.17, 15) is 14.4 Å². The van der Waals surface area contributed by atoms with Crippen molar-refractivity contribution in [1.82, 2.24) is 20.2 Å². The van der Waals surface area contributed by atoms with Gasteiger partial charge in [-0.1, -0.05) is 42.4 Å². The highest BCUT2D eigenvalue weighted by Crippen LogP contribution is 2.45. The zero-order valence-electron chi connectivity index (χ0n) is 24.3. The Morgan fingerprint density at radius 2 is 2.00 bits per heavy atom. The summed E-state index contributed by atoms with van der Waals surface area (Å²) in [6.45, 7) is 6.90. The van der Waals surface area contributed by atoms with Crippen LogP contribution in [-0.4, -0.2) is 73.2 Å². The van der Waals surface area contributed by atoms with Crippen molar-refractivity contribution in [2.24, 2.45) is 5.41 Å². The number of rotatable bonds is 9. The van der Waals surface area contributed by atoms with E-state index in [0.717, 1.165) is 59.5 Å². The number of nitriles is 1. The zero-order valence-corrected chi connectivity index (χ0v) is 25.0. The highest BCUT2D eigenvalue weighted by atomic mass is 35.5. The lowest BCUT2D eigenvalue weighted by molar-refractivity contribution is -0.131. The van der Waals surface area contributed by atoms with Gasteiger partial charge in [-0.05, 0) is 43.8 Å². The van der Waals surface area contributed by atoms with Crippen LogP contribution in [0.15, 0.2) is 48.8 Å². The molecule has 1 saturated heterocycles. The number of benzene rings is 2. The summed E-state index contributed by atoms with van der Waals surface area (Å²) >= 11 is 6.68. The molecule has 1 saturated carbocycles. The molecular weight excluding hydrogens is 569 g/mol. The van der Waals surface area contributed by atoms with Gasteiger partial charge < -0.3 is 24.8 Å². The third kappa shape index (κ3) is 5.84. The molecule has 0 bridgehead atoms. The topological polar surface area (TPSA) is 97.6 Å². The van der Waals surface area contributed by atoms with Crippen LogP contribution in [0.2, 0.25) is 5.02 Å². The fourth-order valence-electron chi connectivity index (χ4n) is 6.35. The fourth-order valence-corrected chi connectivity index (χ4v) is 6.63. The minimum absolute atomic E-state index is 0.0777. The van der Waals surface area contributed by atoms with Crippen LogP contribution in [0.25, 0.3) is 10.8 Å². The van der Waals surface area contributed by atoms with Crippen molar-refractivity contribution in [2.75, 3.05) is 56.2 Å². The lowest BCUT2D eigenvalue weighted by Gasteiger charge is -2.42. The van der Waals surface area contributed by atoms with E-state index in [1.54, 1.807) is 0 Å². The van der Waals surface area contributed by atoms with Crippen LogP contribution in [-0.2, 0) is 17.8 Å². The van der Waals surface area contributed by atoms with Crippen LogP contribution in [0.3, 0.4) is 0 Å². The van der Waals surface area contributed by atoms with E-state index < -0.39 is 17.8 Å². The van der Waals surface area contributed by atoms with Crippen LogP contribution >= 0.6 is 11.6 Å². The maximum atomic E-state index is 13.8. The van der Waals surface area contributed by atoms with Crippen molar-refractivity contribution < 1.29 is 13.9 Å². The minimum atomic E-state index is -1.02. The van der Waals surface area contributed by atoms with Gasteiger partial charge in [0.15, 0.2) is 5.83 Å². The molecule has 2 aromatic carbocycles. The van der Waals surface area contributed by atoms with Gasteiger partial charge in [0.2, 0.25) is 0 Å². The Bertz CT molecular complexity index is 1600. The Morgan fingerprint density at radius 3 is 2.72 bits per heavy atom. The number of nitrogens with one attached hydrogen (secondary N) is 1. The quantitative estimate of drug-likeness (QED) is 0.354. The number of nitrogens with zero attached hydrogens (tertiary/aromatic N) is 6. The molecule has 1 atom stereocenters. The third-order valence-corrected chi connectivity index (χ3v) is 9.13. The van der Waals surface area contributed by atoms with Crippen LogP contribution in [0.5, 0.6) is 6.01 Å². The van der Waals surface area contributed by atoms with Crippen molar-refractivity contribution in [3.63, 3.8) is 0 Å². The normalized spacial score (nSPS) is 19.1. The molecule has 3 heterocycles. The van der Waals surface area contributed by atoms with Crippen LogP contribution in [0.1, 0.15) is 30.5 Å². The molecular formula is C32H35ClFN7O2. The zero-order chi connectivity index (χ0) is 30.1. The van der Waals surface area contributed by atoms with Gasteiger partial charge in [-0.3, -0.25) is 4.79 Å². The lowest BCUT2D eigenvalue weighted by atomic mass is 10.0. The number of amides is 1. The number of piperazine rings is 1. The highest BCUT2D eigenvalue weighted by molar-refractivity contribution is 6.36. The van der Waals surface area contributed by atoms with Crippen molar-refractivity contribution in [2.45, 2.75) is 38.3 Å². The molecule has 0 radical (unpaired) electrons. The standard InChI is InChI=1S/C32H35ClFN7O2/c1-21(34)30(42)41-16-15-40(17-23(41)9-13-35)29-24-10-14-39(27-8-4-6-22-5-3-7-25(33)28(22)27)18-26(24)37-31(38-29)43-20-32(11-12-32)19-36-2/h3-8,23,36H,1,9-12,14-20H2,2H3. The van der Waals surface area contributed by atoms with E-state index >= 15 is 0 Å². The molecule has 3 aliphatic rings. The number of hydrogen-bond acceptors (Lipinski definition) is 8. The predicted molar refractivity (Wildman–Crippen MR) is 165 cm³/mol. The van der Waals surface area contributed by atoms with Gasteiger partial charge in [0.25, 0.3) is 5.91 Å². The molecule has 9 nitrogen and oxygen atoms in total. The largest absolute Gasteiger partial charge is 0.463 e. The molecule has 1 aliphatic carbocycles. The number of halogens is 2. The maximum Gasteiger partial charge on any atom is 0.318 e. The molecule has 1 unspecified atom stereocenters. The number of carbonyl (C=O) groups excluding carboxylic acids is 1. The SMILES string of the molecule is C=C(F)C(=O)N1CCN(c2nc(OCC3(CNC)CC3)nc3c2CCN(c2cccc4cccc(Cl)c24)C3)CC1CC#N. The maximum absolute atomic E-state index is 13.8. The van der Waals surface area contributed by atoms with Crippen LogP contribution in [0, 0.1) is 16.7 Å².